The van der Waals surface area contributed by atoms with Gasteiger partial charge < -0.3 is 5.11 Å². The van der Waals surface area contributed by atoms with Crippen LogP contribution in [0.4, 0.5) is 0 Å². The third kappa shape index (κ3) is 1.87. The Balaban J connectivity index is 2.04. The van der Waals surface area contributed by atoms with Gasteiger partial charge in [0.25, 0.3) is 5.78 Å². The molecule has 5 atom stereocenters. The van der Waals surface area contributed by atoms with Crippen LogP contribution in [-0.4, -0.2) is 16.7 Å². The van der Waals surface area contributed by atoms with Gasteiger partial charge in [-0.2, -0.15) is 0 Å². The molecule has 2 fully saturated rings. The summed E-state index contributed by atoms with van der Waals surface area (Å²) in [5.41, 5.74) is -0.505. The van der Waals surface area contributed by atoms with Gasteiger partial charge >= 0.3 is 0 Å². The second-order valence-corrected chi connectivity index (χ2v) is 8.41. The molecule has 0 bridgehead atoms. The molecule has 0 amide bonds. The maximum Gasteiger partial charge on any atom is 0.263 e. The Morgan fingerprint density at radius 3 is 2.55 bits per heavy atom. The molecule has 0 saturated heterocycles. The molecule has 0 unspecified atom stereocenters. The van der Waals surface area contributed by atoms with E-state index in [4.69, 9.17) is 0 Å². The lowest BCUT2D eigenvalue weighted by Gasteiger charge is -2.59. The van der Waals surface area contributed by atoms with Crippen LogP contribution in [0.5, 0.6) is 0 Å². The van der Waals surface area contributed by atoms with E-state index in [0.29, 0.717) is 5.92 Å². The maximum absolute atomic E-state index is 12.5. The van der Waals surface area contributed by atoms with E-state index in [9.17, 15) is 14.7 Å². The second kappa shape index (κ2) is 4.56. The average molecular weight is 302 g/mol. The fourth-order valence-corrected chi connectivity index (χ4v) is 5.28. The summed E-state index contributed by atoms with van der Waals surface area (Å²) in [5.74, 6) is -0.973. The molecule has 3 rings (SSSR count). The number of Topliss-reactive ketones (excluding diaryl/α,β-unsaturated/α-hetero) is 2. The monoisotopic (exact) mass is 302 g/mol. The third-order valence-corrected chi connectivity index (χ3v) is 7.06. The highest BCUT2D eigenvalue weighted by Crippen LogP contribution is 2.64. The Kier molecular flexibility index (Phi) is 3.22. The Morgan fingerprint density at radius 2 is 1.91 bits per heavy atom. The first-order valence-electron chi connectivity index (χ1n) is 8.30. The first-order valence-corrected chi connectivity index (χ1v) is 8.30. The van der Waals surface area contributed by atoms with Crippen LogP contribution in [0.3, 0.4) is 0 Å². The van der Waals surface area contributed by atoms with E-state index in [1.807, 2.05) is 6.92 Å². The fraction of sp³-hybridized carbons (Fsp3) is 0.684. The smallest absolute Gasteiger partial charge is 0.263 e. The minimum atomic E-state index is -0.701. The average Bonchev–Trinajstić information content (AvgIpc) is 2.49. The van der Waals surface area contributed by atoms with Crippen molar-refractivity contribution < 1.29 is 14.7 Å². The summed E-state index contributed by atoms with van der Waals surface area (Å²) in [6.07, 6.45) is 8.60. The zero-order valence-electron chi connectivity index (χ0n) is 13.8. The van der Waals surface area contributed by atoms with Gasteiger partial charge in [0.05, 0.1) is 0 Å². The highest BCUT2D eigenvalue weighted by molar-refractivity contribution is 6.45. The number of fused-ring (bicyclic) bond motifs is 3. The van der Waals surface area contributed by atoms with E-state index < -0.39 is 17.0 Å². The lowest BCUT2D eigenvalue weighted by molar-refractivity contribution is -0.154. The van der Waals surface area contributed by atoms with Crippen molar-refractivity contribution in [3.05, 3.63) is 24.5 Å². The molecule has 3 heteroatoms. The van der Waals surface area contributed by atoms with Crippen molar-refractivity contribution in [2.24, 2.45) is 28.1 Å². The number of hydrogen-bond acceptors (Lipinski definition) is 3. The molecular weight excluding hydrogens is 276 g/mol. The van der Waals surface area contributed by atoms with E-state index in [1.165, 1.54) is 0 Å². The normalized spacial score (nSPS) is 48.2. The van der Waals surface area contributed by atoms with Crippen LogP contribution in [0.25, 0.3) is 0 Å². The molecular formula is C19H26O3. The molecule has 22 heavy (non-hydrogen) atoms. The molecule has 0 aromatic heterocycles. The van der Waals surface area contributed by atoms with Crippen molar-refractivity contribution in [1.29, 1.82) is 0 Å². The molecule has 120 valence electrons. The van der Waals surface area contributed by atoms with E-state index in [0.717, 1.165) is 32.1 Å². The quantitative estimate of drug-likeness (QED) is 0.588. The Bertz CT molecular complexity index is 589. The predicted molar refractivity (Wildman–Crippen MR) is 85.3 cm³/mol. The highest BCUT2D eigenvalue weighted by atomic mass is 16.3. The van der Waals surface area contributed by atoms with E-state index in [1.54, 1.807) is 6.08 Å². The van der Waals surface area contributed by atoms with Gasteiger partial charge in [-0.1, -0.05) is 26.8 Å². The summed E-state index contributed by atoms with van der Waals surface area (Å²) in [6.45, 7) is 10.4. The maximum atomic E-state index is 12.5. The number of carbonyl (C=O) groups is 2. The van der Waals surface area contributed by atoms with Gasteiger partial charge in [0.2, 0.25) is 5.78 Å². The number of carbonyl (C=O) groups excluding carboxylic acids is 2. The molecule has 3 aliphatic rings. The van der Waals surface area contributed by atoms with Gasteiger partial charge in [0.1, 0.15) is 0 Å². The first kappa shape index (κ1) is 15.5. The van der Waals surface area contributed by atoms with Crippen LogP contribution in [0.1, 0.15) is 52.9 Å². The van der Waals surface area contributed by atoms with Gasteiger partial charge in [-0.3, -0.25) is 9.59 Å². The number of allylic oxidation sites excluding steroid dienone is 3. The lowest BCUT2D eigenvalue weighted by Crippen LogP contribution is -2.57. The van der Waals surface area contributed by atoms with Crippen LogP contribution >= 0.6 is 0 Å². The number of rotatable bonds is 1. The van der Waals surface area contributed by atoms with Crippen molar-refractivity contribution in [1.82, 2.24) is 0 Å². The van der Waals surface area contributed by atoms with Crippen molar-refractivity contribution in [2.45, 2.75) is 52.9 Å². The minimum absolute atomic E-state index is 0.0279. The largest absolute Gasteiger partial charge is 0.504 e. The number of aliphatic hydroxyl groups is 1. The molecule has 1 N–H and O–H groups in total. The van der Waals surface area contributed by atoms with Gasteiger partial charge in [-0.25, -0.2) is 0 Å². The summed E-state index contributed by atoms with van der Waals surface area (Å²) in [5, 5.41) is 9.93. The number of ketones is 2. The molecule has 0 spiro atoms. The van der Waals surface area contributed by atoms with Crippen LogP contribution in [0.15, 0.2) is 24.5 Å². The second-order valence-electron chi connectivity index (χ2n) is 8.41. The van der Waals surface area contributed by atoms with E-state index in [2.05, 4.69) is 26.5 Å². The Morgan fingerprint density at radius 1 is 1.23 bits per heavy atom. The highest BCUT2D eigenvalue weighted by Gasteiger charge is 2.61. The zero-order chi connectivity index (χ0) is 16.3. The van der Waals surface area contributed by atoms with Crippen molar-refractivity contribution >= 4 is 11.6 Å². The van der Waals surface area contributed by atoms with Crippen molar-refractivity contribution in [3.63, 3.8) is 0 Å². The summed E-state index contributed by atoms with van der Waals surface area (Å²) in [7, 11) is 0. The topological polar surface area (TPSA) is 54.4 Å². The SMILES string of the molecule is C=C[C@@]1(C)CC[C@@]2(C)[C@@H](CC[C@]3(C)C(=O)C(=O)C(O)=C[C@H]23)C1. The molecule has 2 saturated carbocycles. The number of aliphatic hydroxyl groups excluding tert-OH is 1. The molecule has 0 aromatic carbocycles. The zero-order valence-corrected chi connectivity index (χ0v) is 13.8. The molecule has 0 aliphatic heterocycles. The Hall–Kier alpha value is -1.38. The third-order valence-electron chi connectivity index (χ3n) is 7.06. The van der Waals surface area contributed by atoms with Gasteiger partial charge in [0, 0.05) is 5.41 Å². The van der Waals surface area contributed by atoms with Crippen molar-refractivity contribution in [3.8, 4) is 0 Å². The van der Waals surface area contributed by atoms with Crippen LogP contribution < -0.4 is 0 Å². The summed E-state index contributed by atoms with van der Waals surface area (Å²) >= 11 is 0. The van der Waals surface area contributed by atoms with Gasteiger partial charge in [-0.15, -0.1) is 6.58 Å². The van der Waals surface area contributed by atoms with E-state index >= 15 is 0 Å². The van der Waals surface area contributed by atoms with Gasteiger partial charge in [-0.05, 0) is 60.8 Å². The van der Waals surface area contributed by atoms with Crippen molar-refractivity contribution in [2.75, 3.05) is 0 Å². The summed E-state index contributed by atoms with van der Waals surface area (Å²) < 4.78 is 0. The minimum Gasteiger partial charge on any atom is -0.504 e. The predicted octanol–water partition coefficient (Wildman–Crippen LogP) is 4.00. The first-order chi connectivity index (χ1) is 10.2. The Labute approximate surface area is 132 Å². The molecule has 0 aromatic rings. The van der Waals surface area contributed by atoms with Gasteiger partial charge in [0.15, 0.2) is 5.76 Å². The van der Waals surface area contributed by atoms with Crippen LogP contribution in [0, 0.1) is 28.1 Å². The molecule has 3 aliphatic carbocycles. The lowest BCUT2D eigenvalue weighted by atomic mass is 9.43. The fourth-order valence-electron chi connectivity index (χ4n) is 5.28. The van der Waals surface area contributed by atoms with E-state index in [-0.39, 0.29) is 22.5 Å². The van der Waals surface area contributed by atoms with Crippen LogP contribution in [0.2, 0.25) is 0 Å². The molecule has 3 nitrogen and oxygen atoms in total. The molecule has 0 heterocycles. The summed E-state index contributed by atoms with van der Waals surface area (Å²) in [4.78, 5) is 24.4. The summed E-state index contributed by atoms with van der Waals surface area (Å²) in [6, 6.07) is 0. The molecule has 0 radical (unpaired) electrons. The standard InChI is InChI=1S/C19H26O3/c1-5-17(2)8-9-18(3)12(11-17)6-7-19(4)14(18)10-13(20)15(21)16(19)22/h5,10,12,14,20H,1,6-9,11H2,2-4H3/t12-,14+,17-,18-,19-/m0/s1. The number of hydrogen-bond donors (Lipinski definition) is 1. The van der Waals surface area contributed by atoms with Crippen LogP contribution in [-0.2, 0) is 9.59 Å².